The molecule has 0 unspecified atom stereocenters. The molecule has 0 atom stereocenters. The van der Waals surface area contributed by atoms with E-state index in [1.807, 2.05) is 13.8 Å². The van der Waals surface area contributed by atoms with Crippen LogP contribution >= 0.6 is 25.3 Å². The van der Waals surface area contributed by atoms with Crippen LogP contribution in [0.25, 0.3) is 0 Å². The van der Waals surface area contributed by atoms with Gasteiger partial charge in [-0.25, -0.2) is 4.79 Å². The molecular formula is C24H56O8S2Si3. The lowest BCUT2D eigenvalue weighted by molar-refractivity contribution is -0.139. The molecule has 8 nitrogen and oxygen atoms in total. The lowest BCUT2D eigenvalue weighted by Gasteiger charge is -2.13. The fraction of sp³-hybridized carbons (Fsp3) is 0.875. The highest BCUT2D eigenvalue weighted by Crippen LogP contribution is 2.06. The van der Waals surface area contributed by atoms with E-state index >= 15 is 0 Å². The summed E-state index contributed by atoms with van der Waals surface area (Å²) in [6, 6.07) is 3.17. The predicted octanol–water partition coefficient (Wildman–Crippen LogP) is 4.60. The smallest absolute Gasteiger partial charge is 0.333 e. The molecule has 0 aromatic rings. The van der Waals surface area contributed by atoms with Gasteiger partial charge in [-0.15, -0.1) is 0 Å². The van der Waals surface area contributed by atoms with Gasteiger partial charge in [-0.2, -0.15) is 25.3 Å². The molecule has 37 heavy (non-hydrogen) atoms. The predicted molar refractivity (Wildman–Crippen MR) is 168 cm³/mol. The van der Waals surface area contributed by atoms with E-state index in [0.717, 1.165) is 55.7 Å². The minimum absolute atomic E-state index is 0.317. The summed E-state index contributed by atoms with van der Waals surface area (Å²) in [6.07, 6.45) is 6.52. The first-order valence-corrected chi connectivity index (χ1v) is 19.7. The maximum atomic E-state index is 11.0. The summed E-state index contributed by atoms with van der Waals surface area (Å²) in [6.45, 7) is 11.2. The number of unbranched alkanes of at least 4 members (excludes halogenated alkanes) is 3. The quantitative estimate of drug-likeness (QED) is 0.0598. The molecule has 0 spiro atoms. The van der Waals surface area contributed by atoms with E-state index < -0.39 is 27.9 Å². The highest BCUT2D eigenvalue weighted by molar-refractivity contribution is 7.80. The van der Waals surface area contributed by atoms with E-state index in [4.69, 9.17) is 31.3 Å². The van der Waals surface area contributed by atoms with Crippen LogP contribution in [0, 0.1) is 0 Å². The fourth-order valence-corrected chi connectivity index (χ4v) is 7.61. The molecule has 0 aromatic carbocycles. The van der Waals surface area contributed by atoms with Crippen molar-refractivity contribution in [2.24, 2.45) is 0 Å². The number of carbonyl (C=O) groups excluding carboxylic acids is 1. The number of hydrogen-bond donors (Lipinski definition) is 2. The molecule has 0 radical (unpaired) electrons. The van der Waals surface area contributed by atoms with Crippen molar-refractivity contribution >= 4 is 59.1 Å². The Balaban J connectivity index is -0.000000479. The zero-order valence-electron chi connectivity index (χ0n) is 24.5. The van der Waals surface area contributed by atoms with Gasteiger partial charge in [0.1, 0.15) is 0 Å². The molecule has 0 aliphatic carbocycles. The standard InChI is InChI=1S/C10H20O4Si.C8H20O2SSi.C6H16O2SSi/c1-9(2)10(11)14-7-5-6-8-15(12-3)13-4;1-3-9-12(10-4-2)8-6-5-7-11;1-7-10(8-2)6-4-3-5-9/h15H,1,5-8H2,2-4H3;11-12H,3-8H2,1-2H3;9-10H,3-6H2,1-2H3. The number of rotatable bonds is 22. The van der Waals surface area contributed by atoms with Crippen LogP contribution in [-0.2, 0) is 36.1 Å². The highest BCUT2D eigenvalue weighted by atomic mass is 32.1. The minimum Gasteiger partial charge on any atom is -0.462 e. The summed E-state index contributed by atoms with van der Waals surface area (Å²) in [5.41, 5.74) is 0.441. The van der Waals surface area contributed by atoms with Crippen LogP contribution in [0.2, 0.25) is 18.1 Å². The summed E-state index contributed by atoms with van der Waals surface area (Å²) < 4.78 is 36.6. The van der Waals surface area contributed by atoms with Gasteiger partial charge < -0.3 is 31.3 Å². The van der Waals surface area contributed by atoms with Crippen molar-refractivity contribution in [1.29, 1.82) is 0 Å². The van der Waals surface area contributed by atoms with Gasteiger partial charge in [0, 0.05) is 47.2 Å². The van der Waals surface area contributed by atoms with Gasteiger partial charge in [-0.05, 0) is 76.1 Å². The van der Waals surface area contributed by atoms with Gasteiger partial charge in [0.15, 0.2) is 0 Å². The lowest BCUT2D eigenvalue weighted by Crippen LogP contribution is -2.22. The van der Waals surface area contributed by atoms with Crippen molar-refractivity contribution in [3.05, 3.63) is 12.2 Å². The first-order chi connectivity index (χ1) is 17.8. The Morgan fingerprint density at radius 1 is 0.676 bits per heavy atom. The molecular weight excluding hydrogens is 565 g/mol. The SMILES string of the molecule is C=C(C)C(=O)OCCCC[SiH](OC)OC.CCO[SiH](CCCCS)OCC.CO[SiH](CCCCS)OC. The van der Waals surface area contributed by atoms with Gasteiger partial charge in [0.25, 0.3) is 0 Å². The van der Waals surface area contributed by atoms with Gasteiger partial charge in [0.05, 0.1) is 6.61 Å². The van der Waals surface area contributed by atoms with E-state index in [-0.39, 0.29) is 5.97 Å². The molecule has 224 valence electrons. The fourth-order valence-electron chi connectivity index (χ4n) is 2.80. The summed E-state index contributed by atoms with van der Waals surface area (Å²) in [7, 11) is 2.79. The normalized spacial score (nSPS) is 10.7. The van der Waals surface area contributed by atoms with E-state index in [1.54, 1.807) is 35.4 Å². The van der Waals surface area contributed by atoms with E-state index in [0.29, 0.717) is 12.2 Å². The Morgan fingerprint density at radius 3 is 1.38 bits per heavy atom. The molecule has 0 aliphatic heterocycles. The summed E-state index contributed by atoms with van der Waals surface area (Å²) >= 11 is 8.28. The van der Waals surface area contributed by atoms with Gasteiger partial charge >= 0.3 is 33.8 Å². The van der Waals surface area contributed by atoms with Crippen LogP contribution in [-0.4, -0.2) is 93.6 Å². The topological polar surface area (TPSA) is 81.7 Å². The molecule has 0 fully saturated rings. The van der Waals surface area contributed by atoms with Crippen molar-refractivity contribution in [2.45, 2.75) is 77.4 Å². The van der Waals surface area contributed by atoms with Crippen molar-refractivity contribution < 1.29 is 36.1 Å². The molecule has 0 bridgehead atoms. The third-order valence-electron chi connectivity index (χ3n) is 4.87. The largest absolute Gasteiger partial charge is 0.462 e. The molecule has 0 saturated heterocycles. The average molecular weight is 621 g/mol. The number of esters is 1. The molecule has 0 N–H and O–H groups in total. The molecule has 0 aromatic heterocycles. The van der Waals surface area contributed by atoms with Gasteiger partial charge in [-0.3, -0.25) is 0 Å². The molecule has 0 aliphatic rings. The van der Waals surface area contributed by atoms with Crippen molar-refractivity contribution in [2.75, 3.05) is 59.8 Å². The number of thiol groups is 2. The Bertz CT molecular complexity index is 483. The maximum Gasteiger partial charge on any atom is 0.333 e. The lowest BCUT2D eigenvalue weighted by atomic mass is 10.3. The maximum absolute atomic E-state index is 11.0. The minimum atomic E-state index is -1.44. The van der Waals surface area contributed by atoms with Crippen LogP contribution < -0.4 is 0 Å². The number of carbonyl (C=O) groups is 1. The van der Waals surface area contributed by atoms with Crippen LogP contribution in [0.4, 0.5) is 0 Å². The average Bonchev–Trinajstić information content (AvgIpc) is 2.90. The van der Waals surface area contributed by atoms with Crippen LogP contribution in [0.5, 0.6) is 0 Å². The van der Waals surface area contributed by atoms with E-state index in [1.165, 1.54) is 25.7 Å². The Hall–Kier alpha value is 0.321. The first-order valence-electron chi connectivity index (χ1n) is 13.2. The second-order valence-corrected chi connectivity index (χ2v) is 15.7. The Kier molecular flexibility index (Phi) is 38.8. The van der Waals surface area contributed by atoms with E-state index in [9.17, 15) is 4.79 Å². The molecule has 0 heterocycles. The van der Waals surface area contributed by atoms with Crippen molar-refractivity contribution in [1.82, 2.24) is 0 Å². The van der Waals surface area contributed by atoms with Crippen LogP contribution in [0.15, 0.2) is 12.2 Å². The van der Waals surface area contributed by atoms with E-state index in [2.05, 4.69) is 31.8 Å². The number of hydrogen-bond acceptors (Lipinski definition) is 10. The highest BCUT2D eigenvalue weighted by Gasteiger charge is 2.11. The van der Waals surface area contributed by atoms with Gasteiger partial charge in [-0.1, -0.05) is 19.4 Å². The third-order valence-corrected chi connectivity index (χ3v) is 11.7. The Morgan fingerprint density at radius 2 is 1.05 bits per heavy atom. The number of ether oxygens (including phenoxy) is 1. The molecule has 0 saturated carbocycles. The van der Waals surface area contributed by atoms with Crippen molar-refractivity contribution in [3.8, 4) is 0 Å². The summed E-state index contributed by atoms with van der Waals surface area (Å²) in [5.74, 6) is 1.62. The summed E-state index contributed by atoms with van der Waals surface area (Å²) in [5, 5.41) is 0. The zero-order chi connectivity index (χ0) is 28.7. The first kappa shape index (κ1) is 41.8. The monoisotopic (exact) mass is 620 g/mol. The zero-order valence-corrected chi connectivity index (χ0v) is 29.8. The van der Waals surface area contributed by atoms with Gasteiger partial charge in [0.2, 0.25) is 0 Å². The molecule has 0 amide bonds. The van der Waals surface area contributed by atoms with Crippen LogP contribution in [0.3, 0.4) is 0 Å². The van der Waals surface area contributed by atoms with Crippen LogP contribution in [0.1, 0.15) is 59.3 Å². The Labute approximate surface area is 243 Å². The second kappa shape index (κ2) is 34.3. The molecule has 13 heteroatoms. The van der Waals surface area contributed by atoms with Crippen molar-refractivity contribution in [3.63, 3.8) is 0 Å². The summed E-state index contributed by atoms with van der Waals surface area (Å²) in [4.78, 5) is 11.0. The second-order valence-electron chi connectivity index (χ2n) is 7.99. The molecule has 0 rings (SSSR count). The third kappa shape index (κ3) is 32.4.